The molecule has 0 heterocycles. The molecule has 0 aliphatic carbocycles. The fourth-order valence-corrected chi connectivity index (χ4v) is 2.59. The summed E-state index contributed by atoms with van der Waals surface area (Å²) in [5.74, 6) is 1.73. The molecule has 24 heavy (non-hydrogen) atoms. The highest BCUT2D eigenvalue weighted by atomic mass is 16.5. The van der Waals surface area contributed by atoms with Gasteiger partial charge < -0.3 is 4.74 Å². The molecule has 0 saturated carbocycles. The van der Waals surface area contributed by atoms with Crippen LogP contribution in [0.3, 0.4) is 0 Å². The van der Waals surface area contributed by atoms with E-state index in [9.17, 15) is 0 Å². The van der Waals surface area contributed by atoms with Crippen molar-refractivity contribution in [3.05, 3.63) is 95.6 Å². The second kappa shape index (κ2) is 7.18. The van der Waals surface area contributed by atoms with E-state index < -0.39 is 0 Å². The molecule has 0 unspecified atom stereocenters. The maximum atomic E-state index is 6.03. The van der Waals surface area contributed by atoms with Crippen LogP contribution in [0.15, 0.2) is 78.9 Å². The number of allylic oxidation sites excluding steroid dienone is 1. The van der Waals surface area contributed by atoms with E-state index >= 15 is 0 Å². The molecule has 0 aliphatic heterocycles. The number of hydrogen-bond acceptors (Lipinski definition) is 1. The van der Waals surface area contributed by atoms with Gasteiger partial charge in [-0.05, 0) is 50.1 Å². The van der Waals surface area contributed by atoms with E-state index in [-0.39, 0.29) is 0 Å². The summed E-state index contributed by atoms with van der Waals surface area (Å²) in [4.78, 5) is 0. The lowest BCUT2D eigenvalue weighted by molar-refractivity contribution is 0.514. The van der Waals surface area contributed by atoms with Crippen molar-refractivity contribution in [1.82, 2.24) is 0 Å². The Morgan fingerprint density at radius 2 is 1.12 bits per heavy atom. The molecule has 0 aliphatic rings. The van der Waals surface area contributed by atoms with Gasteiger partial charge in [0.15, 0.2) is 0 Å². The molecule has 3 aromatic rings. The smallest absolute Gasteiger partial charge is 0.130 e. The molecule has 0 bridgehead atoms. The molecule has 1 heteroatoms. The van der Waals surface area contributed by atoms with Crippen molar-refractivity contribution in [3.63, 3.8) is 0 Å². The van der Waals surface area contributed by atoms with Crippen LogP contribution in [0.2, 0.25) is 0 Å². The molecular weight excluding hydrogens is 292 g/mol. The minimum absolute atomic E-state index is 0.858. The molecule has 120 valence electrons. The molecule has 0 amide bonds. The number of hydrogen-bond donors (Lipinski definition) is 0. The highest BCUT2D eigenvalue weighted by Crippen LogP contribution is 2.25. The Labute approximate surface area is 144 Å². The molecule has 0 aromatic heterocycles. The number of ether oxygens (including phenoxy) is 1. The third-order valence-corrected chi connectivity index (χ3v) is 4.07. The van der Waals surface area contributed by atoms with Crippen LogP contribution in [0, 0.1) is 13.8 Å². The van der Waals surface area contributed by atoms with Crippen LogP contribution in [-0.2, 0) is 0 Å². The molecule has 0 N–H and O–H groups in total. The van der Waals surface area contributed by atoms with Crippen LogP contribution in [0.4, 0.5) is 0 Å². The van der Waals surface area contributed by atoms with Gasteiger partial charge in [-0.3, -0.25) is 0 Å². The average Bonchev–Trinajstić information content (AvgIpc) is 2.62. The zero-order valence-corrected chi connectivity index (χ0v) is 14.4. The van der Waals surface area contributed by atoms with E-state index in [1.54, 1.807) is 0 Å². The van der Waals surface area contributed by atoms with E-state index in [1.807, 2.05) is 25.1 Å². The summed E-state index contributed by atoms with van der Waals surface area (Å²) in [6.07, 6.45) is 2.00. The minimum atomic E-state index is 0.858. The predicted molar refractivity (Wildman–Crippen MR) is 102 cm³/mol. The molecular formula is C23H22O. The Hall–Kier alpha value is -2.80. The third kappa shape index (κ3) is 3.75. The van der Waals surface area contributed by atoms with Crippen LogP contribution < -0.4 is 4.74 Å². The monoisotopic (exact) mass is 314 g/mol. The van der Waals surface area contributed by atoms with E-state index in [1.165, 1.54) is 22.3 Å². The standard InChI is InChI=1S/C23H22O/c1-4-23(24-22-15-7-18(3)8-16-22)21-13-11-20(12-14-21)19-9-5-17(2)6-10-19/h4-16H,1-3H3/b23-4+. The third-order valence-electron chi connectivity index (χ3n) is 4.07. The van der Waals surface area contributed by atoms with Crippen molar-refractivity contribution in [3.8, 4) is 16.9 Å². The molecule has 3 aromatic carbocycles. The van der Waals surface area contributed by atoms with Gasteiger partial charge >= 0.3 is 0 Å². The Morgan fingerprint density at radius 1 is 0.667 bits per heavy atom. The van der Waals surface area contributed by atoms with Crippen LogP contribution in [0.5, 0.6) is 5.75 Å². The van der Waals surface area contributed by atoms with Crippen molar-refractivity contribution in [2.75, 3.05) is 0 Å². The predicted octanol–water partition coefficient (Wildman–Crippen LogP) is 6.41. The fourth-order valence-electron chi connectivity index (χ4n) is 2.59. The highest BCUT2D eigenvalue weighted by molar-refractivity contribution is 5.68. The first kappa shape index (κ1) is 16.1. The van der Waals surface area contributed by atoms with Gasteiger partial charge in [0.1, 0.15) is 11.5 Å². The van der Waals surface area contributed by atoms with Gasteiger partial charge in [-0.2, -0.15) is 0 Å². The summed E-state index contributed by atoms with van der Waals surface area (Å²) in [6.45, 7) is 6.18. The second-order valence-electron chi connectivity index (χ2n) is 6.01. The van der Waals surface area contributed by atoms with Crippen molar-refractivity contribution in [2.24, 2.45) is 0 Å². The lowest BCUT2D eigenvalue weighted by atomic mass is 10.0. The maximum absolute atomic E-state index is 6.03. The molecule has 0 saturated heterocycles. The summed E-state index contributed by atoms with van der Waals surface area (Å²) >= 11 is 0. The molecule has 0 atom stereocenters. The van der Waals surface area contributed by atoms with Crippen molar-refractivity contribution >= 4 is 5.76 Å². The average molecular weight is 314 g/mol. The van der Waals surface area contributed by atoms with Gasteiger partial charge in [0.05, 0.1) is 0 Å². The van der Waals surface area contributed by atoms with Crippen molar-refractivity contribution < 1.29 is 4.74 Å². The SMILES string of the molecule is C/C=C(/Oc1ccc(C)cc1)c1ccc(-c2ccc(C)cc2)cc1. The highest BCUT2D eigenvalue weighted by Gasteiger charge is 2.05. The van der Waals surface area contributed by atoms with Crippen LogP contribution in [0.25, 0.3) is 16.9 Å². The first-order valence-electron chi connectivity index (χ1n) is 8.24. The summed E-state index contributed by atoms with van der Waals surface area (Å²) < 4.78 is 6.03. The number of rotatable bonds is 4. The van der Waals surface area contributed by atoms with Gasteiger partial charge in [0, 0.05) is 5.56 Å². The summed E-state index contributed by atoms with van der Waals surface area (Å²) in [7, 11) is 0. The zero-order valence-electron chi connectivity index (χ0n) is 14.4. The van der Waals surface area contributed by atoms with E-state index in [2.05, 4.69) is 74.5 Å². The van der Waals surface area contributed by atoms with Gasteiger partial charge in [-0.25, -0.2) is 0 Å². The van der Waals surface area contributed by atoms with Gasteiger partial charge in [0.2, 0.25) is 0 Å². The Kier molecular flexibility index (Phi) is 4.81. The minimum Gasteiger partial charge on any atom is -0.457 e. The molecule has 3 rings (SSSR count). The lowest BCUT2D eigenvalue weighted by Gasteiger charge is -2.11. The normalized spacial score (nSPS) is 11.4. The molecule has 0 radical (unpaired) electrons. The summed E-state index contributed by atoms with van der Waals surface area (Å²) in [6, 6.07) is 25.2. The van der Waals surface area contributed by atoms with Gasteiger partial charge in [-0.15, -0.1) is 0 Å². The summed E-state index contributed by atoms with van der Waals surface area (Å²) in [5.41, 5.74) is 6.03. The van der Waals surface area contributed by atoms with E-state index in [0.29, 0.717) is 0 Å². The molecule has 0 fully saturated rings. The van der Waals surface area contributed by atoms with Crippen LogP contribution in [-0.4, -0.2) is 0 Å². The van der Waals surface area contributed by atoms with Gasteiger partial charge in [-0.1, -0.05) is 71.8 Å². The molecule has 1 nitrogen and oxygen atoms in total. The van der Waals surface area contributed by atoms with Crippen molar-refractivity contribution in [1.29, 1.82) is 0 Å². The van der Waals surface area contributed by atoms with Crippen LogP contribution in [0.1, 0.15) is 23.6 Å². The quantitative estimate of drug-likeness (QED) is 0.505. The topological polar surface area (TPSA) is 9.23 Å². The first-order chi connectivity index (χ1) is 11.7. The number of aryl methyl sites for hydroxylation is 2. The first-order valence-corrected chi connectivity index (χ1v) is 8.24. The van der Waals surface area contributed by atoms with Gasteiger partial charge in [0.25, 0.3) is 0 Å². The Bertz CT molecular complexity index is 823. The Morgan fingerprint density at radius 3 is 1.62 bits per heavy atom. The second-order valence-corrected chi connectivity index (χ2v) is 6.01. The van der Waals surface area contributed by atoms with Crippen LogP contribution >= 0.6 is 0 Å². The number of benzene rings is 3. The Balaban J connectivity index is 1.80. The largest absolute Gasteiger partial charge is 0.457 e. The zero-order chi connectivity index (χ0) is 16.9. The van der Waals surface area contributed by atoms with E-state index in [4.69, 9.17) is 4.74 Å². The summed E-state index contributed by atoms with van der Waals surface area (Å²) in [5, 5.41) is 0. The van der Waals surface area contributed by atoms with Crippen molar-refractivity contribution in [2.45, 2.75) is 20.8 Å². The lowest BCUT2D eigenvalue weighted by Crippen LogP contribution is -1.95. The fraction of sp³-hybridized carbons (Fsp3) is 0.130. The van der Waals surface area contributed by atoms with E-state index in [0.717, 1.165) is 17.1 Å². The molecule has 0 spiro atoms. The maximum Gasteiger partial charge on any atom is 0.130 e.